The van der Waals surface area contributed by atoms with E-state index in [0.29, 0.717) is 28.5 Å². The minimum absolute atomic E-state index is 0.265. The van der Waals surface area contributed by atoms with E-state index in [9.17, 15) is 4.79 Å². The summed E-state index contributed by atoms with van der Waals surface area (Å²) in [5, 5.41) is 2.95. The number of anilines is 1. The van der Waals surface area contributed by atoms with Gasteiger partial charge in [-0.15, -0.1) is 0 Å². The average molecular weight is 446 g/mol. The number of hydrogen-bond acceptors (Lipinski definition) is 5. The molecule has 3 aromatic carbocycles. The van der Waals surface area contributed by atoms with Crippen LogP contribution in [-0.2, 0) is 12.8 Å². The van der Waals surface area contributed by atoms with Crippen LogP contribution in [0.3, 0.4) is 0 Å². The second kappa shape index (κ2) is 9.65. The topological polar surface area (TPSA) is 85.5 Å². The molecule has 4 rings (SSSR count). The largest absolute Gasteiger partial charge is 0.493 e. The lowest BCUT2D eigenvalue weighted by Gasteiger charge is -2.14. The van der Waals surface area contributed by atoms with Gasteiger partial charge in [0.15, 0.2) is 11.5 Å². The summed E-state index contributed by atoms with van der Waals surface area (Å²) < 4.78 is 16.0. The van der Waals surface area contributed by atoms with Crippen LogP contribution in [0.5, 0.6) is 17.2 Å². The monoisotopic (exact) mass is 445 g/mol. The number of hydrogen-bond donors (Lipinski definition) is 2. The summed E-state index contributed by atoms with van der Waals surface area (Å²) in [6.07, 6.45) is 1.57. The number of imidazole rings is 1. The summed E-state index contributed by atoms with van der Waals surface area (Å²) in [5.41, 5.74) is 5.46. The summed E-state index contributed by atoms with van der Waals surface area (Å²) in [7, 11) is 4.56. The molecule has 0 spiro atoms. The average Bonchev–Trinajstić information content (AvgIpc) is 3.23. The predicted octanol–water partition coefficient (Wildman–Crippen LogP) is 4.93. The van der Waals surface area contributed by atoms with Crippen LogP contribution < -0.4 is 19.5 Å². The maximum absolute atomic E-state index is 12.9. The Hall–Kier alpha value is -4.00. The summed E-state index contributed by atoms with van der Waals surface area (Å²) in [4.78, 5) is 20.9. The Kier molecular flexibility index (Phi) is 6.49. The van der Waals surface area contributed by atoms with E-state index in [1.54, 1.807) is 12.1 Å². The van der Waals surface area contributed by atoms with Gasteiger partial charge in [0.05, 0.1) is 32.4 Å². The van der Waals surface area contributed by atoms with Gasteiger partial charge in [-0.05, 0) is 60.9 Å². The molecule has 7 heteroatoms. The zero-order valence-corrected chi connectivity index (χ0v) is 19.2. The number of aromatic nitrogens is 2. The molecular weight excluding hydrogens is 418 g/mol. The molecule has 1 amide bonds. The smallest absolute Gasteiger partial charge is 0.255 e. The summed E-state index contributed by atoms with van der Waals surface area (Å²) >= 11 is 0. The van der Waals surface area contributed by atoms with Crippen molar-refractivity contribution < 1.29 is 19.0 Å². The minimum atomic E-state index is -0.265. The minimum Gasteiger partial charge on any atom is -0.493 e. The second-order valence-electron chi connectivity index (χ2n) is 7.77. The molecule has 4 aromatic rings. The number of H-pyrrole nitrogens is 1. The van der Waals surface area contributed by atoms with Crippen LogP contribution in [0.25, 0.3) is 11.0 Å². The molecule has 2 N–H and O–H groups in total. The molecular formula is C26H27N3O4. The number of methoxy groups -OCH3 is 3. The van der Waals surface area contributed by atoms with Crippen molar-refractivity contribution in [3.8, 4) is 17.2 Å². The Morgan fingerprint density at radius 2 is 1.70 bits per heavy atom. The van der Waals surface area contributed by atoms with E-state index in [0.717, 1.165) is 35.3 Å². The Bertz CT molecular complexity index is 1270. The van der Waals surface area contributed by atoms with E-state index in [4.69, 9.17) is 14.2 Å². The third kappa shape index (κ3) is 4.92. The van der Waals surface area contributed by atoms with Gasteiger partial charge >= 0.3 is 0 Å². The third-order valence-electron chi connectivity index (χ3n) is 5.45. The van der Waals surface area contributed by atoms with Gasteiger partial charge in [0, 0.05) is 17.7 Å². The highest BCUT2D eigenvalue weighted by Crippen LogP contribution is 2.38. The zero-order valence-electron chi connectivity index (χ0n) is 19.2. The van der Waals surface area contributed by atoms with Gasteiger partial charge < -0.3 is 24.5 Å². The molecule has 1 aromatic heterocycles. The molecule has 0 saturated carbocycles. The molecule has 0 saturated heterocycles. The molecule has 0 fully saturated rings. The predicted molar refractivity (Wildman–Crippen MR) is 129 cm³/mol. The van der Waals surface area contributed by atoms with E-state index in [-0.39, 0.29) is 5.91 Å². The highest BCUT2D eigenvalue weighted by molar-refractivity contribution is 6.05. The van der Waals surface area contributed by atoms with Crippen molar-refractivity contribution in [1.82, 2.24) is 9.97 Å². The van der Waals surface area contributed by atoms with Gasteiger partial charge in [0.25, 0.3) is 5.91 Å². The van der Waals surface area contributed by atoms with Crippen LogP contribution in [-0.4, -0.2) is 37.2 Å². The van der Waals surface area contributed by atoms with Crippen molar-refractivity contribution in [2.45, 2.75) is 19.8 Å². The highest BCUT2D eigenvalue weighted by Gasteiger charge is 2.17. The molecule has 33 heavy (non-hydrogen) atoms. The van der Waals surface area contributed by atoms with E-state index >= 15 is 0 Å². The number of fused-ring (bicyclic) bond motifs is 1. The summed E-state index contributed by atoms with van der Waals surface area (Å²) in [5.74, 6) is 1.98. The zero-order chi connectivity index (χ0) is 23.4. The molecule has 0 bridgehead atoms. The number of benzene rings is 3. The fourth-order valence-corrected chi connectivity index (χ4v) is 3.78. The number of nitrogens with zero attached hydrogens (tertiary/aromatic N) is 1. The van der Waals surface area contributed by atoms with Crippen LogP contribution in [0.4, 0.5) is 5.69 Å². The van der Waals surface area contributed by atoms with Crippen molar-refractivity contribution >= 4 is 22.6 Å². The van der Waals surface area contributed by atoms with Crippen molar-refractivity contribution in [1.29, 1.82) is 0 Å². The Labute approximate surface area is 192 Å². The lowest BCUT2D eigenvalue weighted by atomic mass is 10.1. The normalized spacial score (nSPS) is 10.8. The van der Waals surface area contributed by atoms with E-state index in [1.807, 2.05) is 30.3 Å². The molecule has 170 valence electrons. The number of nitrogens with one attached hydrogen (secondary N) is 2. The van der Waals surface area contributed by atoms with Crippen LogP contribution >= 0.6 is 0 Å². The van der Waals surface area contributed by atoms with Crippen molar-refractivity contribution in [3.63, 3.8) is 0 Å². The van der Waals surface area contributed by atoms with Crippen molar-refractivity contribution in [2.24, 2.45) is 0 Å². The number of aryl methyl sites for hydroxylation is 3. The lowest BCUT2D eigenvalue weighted by molar-refractivity contribution is 0.102. The molecule has 0 aliphatic heterocycles. The van der Waals surface area contributed by atoms with Crippen molar-refractivity contribution in [3.05, 3.63) is 77.1 Å². The van der Waals surface area contributed by atoms with Crippen LogP contribution in [0.2, 0.25) is 0 Å². The molecule has 7 nitrogen and oxygen atoms in total. The summed E-state index contributed by atoms with van der Waals surface area (Å²) in [6.45, 7) is 2.07. The lowest BCUT2D eigenvalue weighted by Crippen LogP contribution is -2.13. The maximum atomic E-state index is 12.9. The molecule has 0 radical (unpaired) electrons. The number of carbonyl (C=O) groups is 1. The summed E-state index contributed by atoms with van der Waals surface area (Å²) in [6, 6.07) is 17.3. The maximum Gasteiger partial charge on any atom is 0.255 e. The van der Waals surface area contributed by atoms with E-state index < -0.39 is 0 Å². The SMILES string of the molecule is COc1cc(C(=O)Nc2cccc(CCc3nc4ccc(C)cc4[nH]3)c2)cc(OC)c1OC. The van der Waals surface area contributed by atoms with Crippen LogP contribution in [0, 0.1) is 6.92 Å². The molecule has 0 unspecified atom stereocenters. The molecule has 0 atom stereocenters. The van der Waals surface area contributed by atoms with E-state index in [1.165, 1.54) is 26.9 Å². The highest BCUT2D eigenvalue weighted by atomic mass is 16.5. The first-order chi connectivity index (χ1) is 16.0. The number of aromatic amines is 1. The van der Waals surface area contributed by atoms with Gasteiger partial charge in [-0.1, -0.05) is 18.2 Å². The first kappa shape index (κ1) is 22.2. The first-order valence-electron chi connectivity index (χ1n) is 10.7. The molecule has 0 aliphatic carbocycles. The van der Waals surface area contributed by atoms with Crippen LogP contribution in [0.1, 0.15) is 27.3 Å². The third-order valence-corrected chi connectivity index (χ3v) is 5.45. The van der Waals surface area contributed by atoms with Gasteiger partial charge in [-0.25, -0.2) is 4.98 Å². The molecule has 1 heterocycles. The number of carbonyl (C=O) groups excluding carboxylic acids is 1. The Balaban J connectivity index is 1.47. The fourth-order valence-electron chi connectivity index (χ4n) is 3.78. The number of ether oxygens (including phenoxy) is 3. The number of rotatable bonds is 8. The first-order valence-corrected chi connectivity index (χ1v) is 10.7. The van der Waals surface area contributed by atoms with Gasteiger partial charge in [-0.2, -0.15) is 0 Å². The van der Waals surface area contributed by atoms with Crippen molar-refractivity contribution in [2.75, 3.05) is 26.6 Å². The fraction of sp³-hybridized carbons (Fsp3) is 0.231. The number of amides is 1. The quantitative estimate of drug-likeness (QED) is 0.401. The van der Waals surface area contributed by atoms with Gasteiger partial charge in [-0.3, -0.25) is 4.79 Å². The Morgan fingerprint density at radius 3 is 2.39 bits per heavy atom. The second-order valence-corrected chi connectivity index (χ2v) is 7.77. The van der Waals surface area contributed by atoms with Crippen LogP contribution in [0.15, 0.2) is 54.6 Å². The molecule has 0 aliphatic rings. The van der Waals surface area contributed by atoms with Gasteiger partial charge in [0.1, 0.15) is 5.82 Å². The van der Waals surface area contributed by atoms with Gasteiger partial charge in [0.2, 0.25) is 5.75 Å². The van der Waals surface area contributed by atoms with E-state index in [2.05, 4.69) is 34.3 Å². The Morgan fingerprint density at radius 1 is 0.939 bits per heavy atom. The standard InChI is InChI=1S/C26H27N3O4/c1-16-8-10-20-21(12-16)29-24(28-20)11-9-17-6-5-7-19(13-17)27-26(30)18-14-22(31-2)25(33-4)23(15-18)32-3/h5-8,10,12-15H,9,11H2,1-4H3,(H,27,30)(H,28,29).